The largest absolute Gasteiger partial charge is 0.337 e. The van der Waals surface area contributed by atoms with Crippen molar-refractivity contribution in [1.82, 2.24) is 4.57 Å². The molecule has 0 aliphatic rings. The fourth-order valence-electron chi connectivity index (χ4n) is 3.03. The molecule has 2 heteroatoms. The van der Waals surface area contributed by atoms with Crippen LogP contribution >= 0.6 is 11.3 Å². The molecule has 1 nitrogen and oxygen atoms in total. The average molecular weight is 352 g/mol. The Balaban J connectivity index is 0.000000528. The number of para-hydroxylation sites is 1. The van der Waals surface area contributed by atoms with Gasteiger partial charge in [0.15, 0.2) is 0 Å². The first-order chi connectivity index (χ1) is 12.2. The summed E-state index contributed by atoms with van der Waals surface area (Å²) in [4.78, 5) is 1.35. The molecule has 2 aromatic heterocycles. The van der Waals surface area contributed by atoms with E-state index in [-0.39, 0.29) is 0 Å². The van der Waals surface area contributed by atoms with E-state index in [1.54, 1.807) is 0 Å². The lowest BCUT2D eigenvalue weighted by molar-refractivity contribution is 0.629. The van der Waals surface area contributed by atoms with Crippen LogP contribution in [0.3, 0.4) is 0 Å². The highest BCUT2D eigenvalue weighted by Gasteiger charge is 2.14. The fraction of sp³-hybridized carbons (Fsp3) is 0.304. The molecule has 0 amide bonds. The van der Waals surface area contributed by atoms with Gasteiger partial charge in [-0.1, -0.05) is 64.1 Å². The number of hydrogen-bond donors (Lipinski definition) is 0. The summed E-state index contributed by atoms with van der Waals surface area (Å²) in [6, 6.07) is 22.3. The summed E-state index contributed by atoms with van der Waals surface area (Å²) >= 11 is 1.88. The van der Waals surface area contributed by atoms with E-state index in [1.165, 1.54) is 31.6 Å². The minimum absolute atomic E-state index is 0.449. The highest BCUT2D eigenvalue weighted by atomic mass is 32.1. The Bertz CT molecular complexity index is 894. The molecule has 0 bridgehead atoms. The van der Waals surface area contributed by atoms with Crippen molar-refractivity contribution in [1.29, 1.82) is 0 Å². The normalized spacial score (nSPS) is 10.4. The molecule has 4 aromatic rings. The predicted molar refractivity (Wildman–Crippen MR) is 116 cm³/mol. The summed E-state index contributed by atoms with van der Waals surface area (Å²) in [7, 11) is 0. The first-order valence-corrected chi connectivity index (χ1v) is 10.1. The second kappa shape index (κ2) is 8.87. The Morgan fingerprint density at radius 3 is 2.00 bits per heavy atom. The van der Waals surface area contributed by atoms with Gasteiger partial charge in [0.1, 0.15) is 0 Å². The van der Waals surface area contributed by atoms with Crippen molar-refractivity contribution in [3.8, 4) is 10.6 Å². The summed E-state index contributed by atoms with van der Waals surface area (Å²) < 4.78 is 3.80. The molecule has 0 radical (unpaired) electrons. The molecule has 0 spiro atoms. The quantitative estimate of drug-likeness (QED) is 0.343. The smallest absolute Gasteiger partial charge is 0.0595 e. The van der Waals surface area contributed by atoms with Gasteiger partial charge in [-0.15, -0.1) is 11.3 Å². The Hall–Kier alpha value is -2.06. The maximum Gasteiger partial charge on any atom is 0.0595 e. The van der Waals surface area contributed by atoms with E-state index in [0.717, 1.165) is 0 Å². The van der Waals surface area contributed by atoms with E-state index >= 15 is 0 Å². The molecule has 0 unspecified atom stereocenters. The maximum absolute atomic E-state index is 2.44. The molecule has 0 aliphatic carbocycles. The van der Waals surface area contributed by atoms with Gasteiger partial charge >= 0.3 is 0 Å². The van der Waals surface area contributed by atoms with Crippen LogP contribution < -0.4 is 0 Å². The molecule has 0 saturated heterocycles. The van der Waals surface area contributed by atoms with E-state index in [9.17, 15) is 0 Å². The molecule has 0 atom stereocenters. The van der Waals surface area contributed by atoms with Gasteiger partial charge in [0.25, 0.3) is 0 Å². The van der Waals surface area contributed by atoms with Crippen LogP contribution in [0, 0.1) is 0 Å². The zero-order chi connectivity index (χ0) is 18.4. The number of benzene rings is 2. The van der Waals surface area contributed by atoms with E-state index in [4.69, 9.17) is 0 Å². The topological polar surface area (TPSA) is 4.93 Å². The zero-order valence-electron chi connectivity index (χ0n) is 16.2. The molecule has 0 fully saturated rings. The van der Waals surface area contributed by atoms with Crippen LogP contribution in [0.4, 0.5) is 0 Å². The third-order valence-electron chi connectivity index (χ3n) is 3.94. The van der Waals surface area contributed by atoms with Gasteiger partial charge < -0.3 is 4.57 Å². The Morgan fingerprint density at radius 2 is 1.36 bits per heavy atom. The summed E-state index contributed by atoms with van der Waals surface area (Å²) in [5, 5.41) is 2.65. The lowest BCUT2D eigenvalue weighted by Gasteiger charge is -2.13. The lowest BCUT2D eigenvalue weighted by atomic mass is 10.2. The molecular formula is C23H29NS. The summed E-state index contributed by atoms with van der Waals surface area (Å²) in [5.41, 5.74) is 2.65. The highest BCUT2D eigenvalue weighted by molar-refractivity contribution is 7.22. The number of fused-ring (bicyclic) bond motifs is 2. The number of rotatable bonds is 2. The molecule has 132 valence electrons. The Morgan fingerprint density at radius 1 is 0.760 bits per heavy atom. The SMILES string of the molecule is CC.CC.CC(C)n1c(-c2cc3ccccc3s2)cc2ccccc21. The van der Waals surface area contributed by atoms with Gasteiger partial charge in [0.05, 0.1) is 10.6 Å². The van der Waals surface area contributed by atoms with Crippen LogP contribution in [0.15, 0.2) is 60.7 Å². The molecule has 0 N–H and O–H groups in total. The van der Waals surface area contributed by atoms with E-state index < -0.39 is 0 Å². The van der Waals surface area contributed by atoms with E-state index in [0.29, 0.717) is 6.04 Å². The molecular weight excluding hydrogens is 322 g/mol. The van der Waals surface area contributed by atoms with Gasteiger partial charge in [0.2, 0.25) is 0 Å². The number of aromatic nitrogens is 1. The third kappa shape index (κ3) is 3.80. The molecule has 4 rings (SSSR count). The monoisotopic (exact) mass is 351 g/mol. The second-order valence-corrected chi connectivity index (χ2v) is 6.78. The number of thiophene rings is 1. The predicted octanol–water partition coefficient (Wildman–Crippen LogP) is 8.16. The summed E-state index contributed by atoms with van der Waals surface area (Å²) in [5.74, 6) is 0. The Labute approximate surface area is 155 Å². The van der Waals surface area contributed by atoms with Gasteiger partial charge in [-0.25, -0.2) is 0 Å². The fourth-order valence-corrected chi connectivity index (χ4v) is 4.11. The van der Waals surface area contributed by atoms with Gasteiger partial charge in [-0.2, -0.15) is 0 Å². The van der Waals surface area contributed by atoms with E-state index in [2.05, 4.69) is 79.1 Å². The van der Waals surface area contributed by atoms with Crippen molar-refractivity contribution in [3.05, 3.63) is 60.7 Å². The number of hydrogen-bond acceptors (Lipinski definition) is 1. The van der Waals surface area contributed by atoms with Crippen molar-refractivity contribution in [2.24, 2.45) is 0 Å². The molecule has 2 heterocycles. The second-order valence-electron chi connectivity index (χ2n) is 5.70. The molecule has 25 heavy (non-hydrogen) atoms. The maximum atomic E-state index is 2.44. The van der Waals surface area contributed by atoms with Crippen molar-refractivity contribution >= 4 is 32.3 Å². The average Bonchev–Trinajstić information content (AvgIpc) is 3.26. The van der Waals surface area contributed by atoms with Gasteiger partial charge in [0, 0.05) is 21.6 Å². The zero-order valence-corrected chi connectivity index (χ0v) is 17.0. The van der Waals surface area contributed by atoms with Gasteiger partial charge in [-0.05, 0) is 43.5 Å². The van der Waals surface area contributed by atoms with Crippen LogP contribution in [-0.4, -0.2) is 4.57 Å². The van der Waals surface area contributed by atoms with Crippen molar-refractivity contribution < 1.29 is 0 Å². The van der Waals surface area contributed by atoms with Crippen LogP contribution in [0.5, 0.6) is 0 Å². The molecule has 2 aromatic carbocycles. The first-order valence-electron chi connectivity index (χ1n) is 9.33. The number of nitrogens with zero attached hydrogens (tertiary/aromatic N) is 1. The standard InChI is InChI=1S/C19H17NS.2C2H6/c1-13(2)20-16-9-5-3-7-14(16)11-17(20)19-12-15-8-4-6-10-18(15)21-19;2*1-2/h3-13H,1-2H3;2*1-2H3. The lowest BCUT2D eigenvalue weighted by Crippen LogP contribution is -2.01. The van der Waals surface area contributed by atoms with E-state index in [1.807, 2.05) is 39.0 Å². The highest BCUT2D eigenvalue weighted by Crippen LogP contribution is 2.37. The summed E-state index contributed by atoms with van der Waals surface area (Å²) in [6.45, 7) is 12.5. The minimum Gasteiger partial charge on any atom is -0.337 e. The summed E-state index contributed by atoms with van der Waals surface area (Å²) in [6.07, 6.45) is 0. The first kappa shape index (κ1) is 19.3. The van der Waals surface area contributed by atoms with Crippen molar-refractivity contribution in [2.75, 3.05) is 0 Å². The van der Waals surface area contributed by atoms with Gasteiger partial charge in [-0.3, -0.25) is 0 Å². The van der Waals surface area contributed by atoms with Crippen molar-refractivity contribution in [2.45, 2.75) is 47.6 Å². The van der Waals surface area contributed by atoms with Crippen LogP contribution in [0.1, 0.15) is 47.6 Å². The van der Waals surface area contributed by atoms with Crippen molar-refractivity contribution in [3.63, 3.8) is 0 Å². The van der Waals surface area contributed by atoms with Crippen LogP contribution in [-0.2, 0) is 0 Å². The molecule has 0 aliphatic heterocycles. The third-order valence-corrected chi connectivity index (χ3v) is 5.08. The Kier molecular flexibility index (Phi) is 6.83. The van der Waals surface area contributed by atoms with Crippen LogP contribution in [0.25, 0.3) is 31.6 Å². The van der Waals surface area contributed by atoms with Crippen LogP contribution in [0.2, 0.25) is 0 Å². The molecule has 0 saturated carbocycles. The minimum atomic E-state index is 0.449.